The number of nitrogens with one attached hydrogen (secondary N) is 1. The highest BCUT2D eigenvalue weighted by Gasteiger charge is 2.35. The second-order valence-corrected chi connectivity index (χ2v) is 13.2. The monoisotopic (exact) mass is 690 g/mol. The minimum absolute atomic E-state index is 0.00895. The molecule has 0 saturated heterocycles. The summed E-state index contributed by atoms with van der Waals surface area (Å²) in [7, 11) is 1.54. The summed E-state index contributed by atoms with van der Waals surface area (Å²) in [6.45, 7) is 5.63. The van der Waals surface area contributed by atoms with Crippen LogP contribution in [-0.2, 0) is 16.0 Å². The number of ether oxygens (including phenoxy) is 1. The number of rotatable bonds is 13. The minimum atomic E-state index is -1.59. The van der Waals surface area contributed by atoms with Crippen LogP contribution in [-0.4, -0.2) is 45.7 Å². The molecule has 8 nitrogen and oxygen atoms in total. The van der Waals surface area contributed by atoms with Crippen LogP contribution >= 0.6 is 35.0 Å². The largest absolute Gasteiger partial charge is 0.495 e. The van der Waals surface area contributed by atoms with Crippen LogP contribution in [0.1, 0.15) is 60.8 Å². The van der Waals surface area contributed by atoms with Crippen molar-refractivity contribution in [2.24, 2.45) is 5.73 Å². The third kappa shape index (κ3) is 7.49. The minimum Gasteiger partial charge on any atom is -0.495 e. The first-order valence-corrected chi connectivity index (χ1v) is 16.0. The molecule has 3 aromatic carbocycles. The Morgan fingerprint density at radius 2 is 1.76 bits per heavy atom. The van der Waals surface area contributed by atoms with E-state index >= 15 is 4.39 Å². The standard InChI is InChI=1S/C33H34Cl2F2N4O4S/c1-32(2,20-6-11-24(34)27(16-20)45-4)28-17-39-31(41(28)22-9-7-21(36)8-10-22)46-18-23-25(35)14-19(15-26(23)37)29(42)40-33(3,30(43)44)12-5-13-38/h6-11,14-17H,5,12-13,18,38H2,1-4H3,(H,40,42)(H,43,44). The van der Waals surface area contributed by atoms with Crippen LogP contribution in [0.2, 0.25) is 10.0 Å². The average molecular weight is 692 g/mol. The van der Waals surface area contributed by atoms with Crippen LogP contribution in [0.3, 0.4) is 0 Å². The van der Waals surface area contributed by atoms with E-state index < -0.39 is 34.5 Å². The van der Waals surface area contributed by atoms with E-state index in [0.717, 1.165) is 17.3 Å². The summed E-state index contributed by atoms with van der Waals surface area (Å²) in [4.78, 5) is 29.4. The molecule has 4 N–H and O–H groups in total. The topological polar surface area (TPSA) is 119 Å². The maximum Gasteiger partial charge on any atom is 0.329 e. The highest BCUT2D eigenvalue weighted by Crippen LogP contribution is 2.40. The number of nitrogens with two attached hydrogens (primary N) is 1. The predicted octanol–water partition coefficient (Wildman–Crippen LogP) is 7.40. The lowest BCUT2D eigenvalue weighted by atomic mass is 9.81. The maximum atomic E-state index is 15.5. The van der Waals surface area contributed by atoms with E-state index in [1.165, 1.54) is 44.0 Å². The summed E-state index contributed by atoms with van der Waals surface area (Å²) >= 11 is 14.0. The molecule has 0 bridgehead atoms. The number of nitrogens with zero attached hydrogens (tertiary/aromatic N) is 2. The number of aliphatic carboxylic acids is 1. The van der Waals surface area contributed by atoms with Crippen LogP contribution in [0.5, 0.6) is 5.75 Å². The molecule has 4 rings (SSSR count). The molecule has 0 aliphatic rings. The van der Waals surface area contributed by atoms with E-state index in [9.17, 15) is 19.1 Å². The van der Waals surface area contributed by atoms with Crippen LogP contribution in [0, 0.1) is 11.6 Å². The molecule has 13 heteroatoms. The van der Waals surface area contributed by atoms with Gasteiger partial charge in [-0.3, -0.25) is 9.36 Å². The van der Waals surface area contributed by atoms with Gasteiger partial charge < -0.3 is 20.9 Å². The zero-order chi connectivity index (χ0) is 33.8. The molecule has 0 aliphatic carbocycles. The number of benzene rings is 3. The van der Waals surface area contributed by atoms with Gasteiger partial charge in [-0.2, -0.15) is 0 Å². The first kappa shape index (κ1) is 35.2. The molecule has 0 saturated carbocycles. The van der Waals surface area contributed by atoms with Crippen LogP contribution in [0.15, 0.2) is 66.0 Å². The van der Waals surface area contributed by atoms with E-state index in [-0.39, 0.29) is 34.9 Å². The first-order chi connectivity index (χ1) is 21.7. The van der Waals surface area contributed by atoms with E-state index in [4.69, 9.17) is 33.7 Å². The summed E-state index contributed by atoms with van der Waals surface area (Å²) in [5, 5.41) is 13.1. The Labute approximate surface area is 280 Å². The molecule has 0 fully saturated rings. The fourth-order valence-corrected chi connectivity index (χ4v) is 6.50. The van der Waals surface area contributed by atoms with Gasteiger partial charge in [0, 0.05) is 33.0 Å². The molecule has 0 aliphatic heterocycles. The molecule has 1 heterocycles. The summed E-state index contributed by atoms with van der Waals surface area (Å²) in [6.07, 6.45) is 2.18. The molecule has 1 atom stereocenters. The number of imidazole rings is 1. The number of methoxy groups -OCH3 is 1. The van der Waals surface area contributed by atoms with Crippen LogP contribution in [0.25, 0.3) is 5.69 Å². The van der Waals surface area contributed by atoms with Crippen molar-refractivity contribution in [3.63, 3.8) is 0 Å². The molecule has 244 valence electrons. The fraction of sp³-hybridized carbons (Fsp3) is 0.303. The Morgan fingerprint density at radius 1 is 1.07 bits per heavy atom. The van der Waals surface area contributed by atoms with Gasteiger partial charge in [0.1, 0.15) is 22.9 Å². The van der Waals surface area contributed by atoms with E-state index in [0.29, 0.717) is 28.0 Å². The highest BCUT2D eigenvalue weighted by atomic mass is 35.5. The molecular formula is C33H34Cl2F2N4O4S. The molecule has 46 heavy (non-hydrogen) atoms. The molecule has 1 aromatic heterocycles. The van der Waals surface area contributed by atoms with Crippen molar-refractivity contribution in [2.45, 2.75) is 55.5 Å². The van der Waals surface area contributed by atoms with Crippen molar-refractivity contribution in [1.82, 2.24) is 14.9 Å². The van der Waals surface area contributed by atoms with Crippen LogP contribution in [0.4, 0.5) is 8.78 Å². The van der Waals surface area contributed by atoms with Crippen molar-refractivity contribution >= 4 is 46.8 Å². The van der Waals surface area contributed by atoms with Gasteiger partial charge in [0.05, 0.1) is 24.0 Å². The zero-order valence-corrected chi connectivity index (χ0v) is 28.0. The number of carbonyl (C=O) groups is 2. The van der Waals surface area contributed by atoms with Crippen molar-refractivity contribution in [3.8, 4) is 11.4 Å². The predicted molar refractivity (Wildman–Crippen MR) is 176 cm³/mol. The number of halogens is 4. The number of hydrogen-bond donors (Lipinski definition) is 3. The van der Waals surface area contributed by atoms with Crippen molar-refractivity contribution in [1.29, 1.82) is 0 Å². The van der Waals surface area contributed by atoms with Crippen molar-refractivity contribution < 1.29 is 28.2 Å². The summed E-state index contributed by atoms with van der Waals surface area (Å²) in [6, 6.07) is 13.8. The van der Waals surface area contributed by atoms with Crippen molar-refractivity contribution in [2.75, 3.05) is 13.7 Å². The van der Waals surface area contributed by atoms with E-state index in [1.54, 1.807) is 24.4 Å². The Morgan fingerprint density at radius 3 is 2.37 bits per heavy atom. The third-order valence-corrected chi connectivity index (χ3v) is 9.45. The van der Waals surface area contributed by atoms with Gasteiger partial charge in [0.2, 0.25) is 0 Å². The first-order valence-electron chi connectivity index (χ1n) is 14.3. The number of carboxylic acid groups (broad SMARTS) is 1. The van der Waals surface area contributed by atoms with Gasteiger partial charge in [-0.15, -0.1) is 0 Å². The Bertz CT molecular complexity index is 1730. The number of carbonyl (C=O) groups excluding carboxylic acids is 1. The van der Waals surface area contributed by atoms with Gasteiger partial charge in [0.15, 0.2) is 5.16 Å². The number of hydrogen-bond acceptors (Lipinski definition) is 6. The summed E-state index contributed by atoms with van der Waals surface area (Å²) in [5.74, 6) is -2.59. The van der Waals surface area contributed by atoms with Gasteiger partial charge in [-0.05, 0) is 80.4 Å². The second kappa shape index (κ2) is 14.4. The van der Waals surface area contributed by atoms with Crippen LogP contribution < -0.4 is 15.8 Å². The zero-order valence-electron chi connectivity index (χ0n) is 25.7. The summed E-state index contributed by atoms with van der Waals surface area (Å²) < 4.78 is 36.7. The highest BCUT2D eigenvalue weighted by molar-refractivity contribution is 7.98. The second-order valence-electron chi connectivity index (χ2n) is 11.4. The van der Waals surface area contributed by atoms with Gasteiger partial charge in [0.25, 0.3) is 5.91 Å². The summed E-state index contributed by atoms with van der Waals surface area (Å²) in [5.41, 5.74) is 5.59. The van der Waals surface area contributed by atoms with Gasteiger partial charge in [-0.25, -0.2) is 18.6 Å². The number of thioether (sulfide) groups is 1. The van der Waals surface area contributed by atoms with Crippen molar-refractivity contribution in [3.05, 3.63) is 105 Å². The quantitative estimate of drug-likeness (QED) is 0.125. The molecular weight excluding hydrogens is 657 g/mol. The molecule has 0 radical (unpaired) electrons. The Kier molecular flexibility index (Phi) is 11.0. The molecule has 1 unspecified atom stereocenters. The Hall–Kier alpha value is -3.64. The van der Waals surface area contributed by atoms with Gasteiger partial charge >= 0.3 is 5.97 Å². The number of carboxylic acids is 1. The SMILES string of the molecule is COc1cc(C(C)(C)c2cnc(SCc3c(F)cc(C(=O)NC(C)(CCCN)C(=O)O)cc3Cl)n2-c2ccc(F)cc2)ccc1Cl. The normalized spacial score (nSPS) is 12.9. The fourth-order valence-electron chi connectivity index (χ4n) is 4.92. The third-order valence-electron chi connectivity index (χ3n) is 7.82. The lowest BCUT2D eigenvalue weighted by Crippen LogP contribution is -2.52. The number of amides is 1. The lowest BCUT2D eigenvalue weighted by molar-refractivity contribution is -0.144. The molecule has 1 amide bonds. The van der Waals surface area contributed by atoms with E-state index in [2.05, 4.69) is 10.3 Å². The maximum absolute atomic E-state index is 15.5. The van der Waals surface area contributed by atoms with E-state index in [1.807, 2.05) is 30.5 Å². The average Bonchev–Trinajstić information content (AvgIpc) is 3.44. The lowest BCUT2D eigenvalue weighted by Gasteiger charge is -2.28. The molecule has 4 aromatic rings. The van der Waals surface area contributed by atoms with Gasteiger partial charge in [-0.1, -0.05) is 54.9 Å². The Balaban J connectivity index is 1.66. The smallest absolute Gasteiger partial charge is 0.329 e. The number of aromatic nitrogens is 2. The molecule has 0 spiro atoms.